The Bertz CT molecular complexity index is 3350. The zero-order valence-electron chi connectivity index (χ0n) is 50.2. The van der Waals surface area contributed by atoms with Crippen LogP contribution in [0.1, 0.15) is 98.0 Å². The second kappa shape index (κ2) is 24.5. The number of carbonyl (C=O) groups excluding carboxylic acids is 2. The van der Waals surface area contributed by atoms with E-state index in [1.165, 1.54) is 57.5 Å². The van der Waals surface area contributed by atoms with E-state index >= 15 is 0 Å². The Morgan fingerprint density at radius 2 is 1.02 bits per heavy atom. The monoisotopic (exact) mass is 1180 g/mol. The summed E-state index contributed by atoms with van der Waals surface area (Å²) >= 11 is 0. The molecular formula is C66H83N17O4. The lowest BCUT2D eigenvalue weighted by Gasteiger charge is -2.57. The van der Waals surface area contributed by atoms with Gasteiger partial charge < -0.3 is 56.5 Å². The summed E-state index contributed by atoms with van der Waals surface area (Å²) in [5, 5.41) is 17.6. The number of hydrogen-bond acceptors (Lipinski definition) is 19. The van der Waals surface area contributed by atoms with Crippen LogP contribution >= 0.6 is 0 Å². The Labute approximate surface area is 510 Å². The highest BCUT2D eigenvalue weighted by Gasteiger charge is 2.47. The molecule has 21 heteroatoms. The fourth-order valence-electron chi connectivity index (χ4n) is 14.6. The van der Waals surface area contributed by atoms with Crippen LogP contribution in [0.2, 0.25) is 0 Å². The molecule has 0 radical (unpaired) electrons. The molecule has 21 nitrogen and oxygen atoms in total. The zero-order valence-corrected chi connectivity index (χ0v) is 50.2. The van der Waals surface area contributed by atoms with Gasteiger partial charge in [0.2, 0.25) is 0 Å². The van der Waals surface area contributed by atoms with Crippen LogP contribution in [0, 0.1) is 16.2 Å². The Morgan fingerprint density at radius 3 is 1.48 bits per heavy atom. The Hall–Kier alpha value is -7.56. The van der Waals surface area contributed by atoms with E-state index in [0.717, 1.165) is 134 Å². The molecule has 0 atom stereocenters. The van der Waals surface area contributed by atoms with Crippen LogP contribution in [0.15, 0.2) is 97.3 Å². The van der Waals surface area contributed by atoms with Crippen LogP contribution in [0.25, 0.3) is 22.8 Å². The van der Waals surface area contributed by atoms with Crippen LogP contribution < -0.4 is 42.1 Å². The average Bonchev–Trinajstić information content (AvgIpc) is 2.32. The molecule has 2 amide bonds. The van der Waals surface area contributed by atoms with E-state index in [-0.39, 0.29) is 35.2 Å². The zero-order chi connectivity index (χ0) is 59.0. The first-order valence-electron chi connectivity index (χ1n) is 31.8. The molecule has 3 spiro atoms. The Kier molecular flexibility index (Phi) is 16.1. The van der Waals surface area contributed by atoms with Crippen molar-refractivity contribution in [3.63, 3.8) is 0 Å². The summed E-state index contributed by atoms with van der Waals surface area (Å²) in [4.78, 5) is 69.5. The number of nitrogens with zero attached hydrogens (tertiary/aromatic N) is 11. The number of piperazine rings is 1. The summed E-state index contributed by atoms with van der Waals surface area (Å²) < 4.78 is 11.2. The molecule has 0 unspecified atom stereocenters. The van der Waals surface area contributed by atoms with Crippen molar-refractivity contribution in [2.45, 2.75) is 95.2 Å². The fourth-order valence-corrected chi connectivity index (χ4v) is 14.6. The minimum Gasteiger partial charge on any atom is -0.380 e. The number of piperidine rings is 2. The first kappa shape index (κ1) is 57.2. The summed E-state index contributed by atoms with van der Waals surface area (Å²) in [5.41, 5.74) is 13.5. The van der Waals surface area contributed by atoms with Crippen molar-refractivity contribution in [2.24, 2.45) is 22.0 Å². The number of aromatic nitrogens is 6. The quantitative estimate of drug-likeness (QED) is 0.0505. The molecule has 456 valence electrons. The number of likely N-dealkylation sites (tertiary alicyclic amines) is 2. The maximum absolute atomic E-state index is 14.7. The number of hydrogen-bond donors (Lipinski definition) is 6. The smallest absolute Gasteiger partial charge is 0.274 e. The van der Waals surface area contributed by atoms with Gasteiger partial charge in [-0.25, -0.2) is 19.9 Å². The van der Waals surface area contributed by atoms with Crippen molar-refractivity contribution in [2.75, 3.05) is 137 Å². The third-order valence-corrected chi connectivity index (χ3v) is 20.4. The number of primary amides is 1. The Balaban J connectivity index is 0.634. The summed E-state index contributed by atoms with van der Waals surface area (Å²) in [6, 6.07) is 29.1. The van der Waals surface area contributed by atoms with Crippen LogP contribution in [-0.2, 0) is 9.47 Å². The topological polar surface area (TPSA) is 232 Å². The number of carbonyl (C=O) groups is 2. The number of nitrogens with one attached hydrogen (secondary N) is 5. The largest absolute Gasteiger partial charge is 0.380 e. The van der Waals surface area contributed by atoms with Crippen LogP contribution in [0.4, 0.5) is 46.0 Å². The van der Waals surface area contributed by atoms with Gasteiger partial charge >= 0.3 is 0 Å². The third-order valence-electron chi connectivity index (χ3n) is 20.4. The minimum absolute atomic E-state index is 0.0336. The first-order valence-corrected chi connectivity index (χ1v) is 31.8. The number of nitrogens with two attached hydrogens (primary N) is 1. The molecule has 8 fully saturated rings. The van der Waals surface area contributed by atoms with E-state index in [1.807, 2.05) is 48.5 Å². The second-order valence-corrected chi connectivity index (χ2v) is 26.4. The maximum atomic E-state index is 14.7. The van der Waals surface area contributed by atoms with Gasteiger partial charge in [-0.3, -0.25) is 29.4 Å². The molecule has 6 saturated heterocycles. The van der Waals surface area contributed by atoms with Gasteiger partial charge in [0.05, 0.1) is 44.5 Å². The molecule has 7 N–H and O–H groups in total. The highest BCUT2D eigenvalue weighted by Crippen LogP contribution is 2.46. The van der Waals surface area contributed by atoms with Crippen LogP contribution in [0.5, 0.6) is 0 Å². The van der Waals surface area contributed by atoms with Crippen molar-refractivity contribution < 1.29 is 19.1 Å². The molecule has 4 aromatic heterocycles. The molecule has 2 saturated carbocycles. The lowest BCUT2D eigenvalue weighted by atomic mass is 9.71. The van der Waals surface area contributed by atoms with Crippen LogP contribution in [0.3, 0.4) is 0 Å². The van der Waals surface area contributed by atoms with Gasteiger partial charge in [-0.05, 0) is 175 Å². The van der Waals surface area contributed by atoms with Crippen LogP contribution in [-0.4, -0.2) is 180 Å². The molecule has 14 rings (SSSR count). The van der Waals surface area contributed by atoms with Gasteiger partial charge in [0, 0.05) is 116 Å². The number of amides is 2. The van der Waals surface area contributed by atoms with Gasteiger partial charge in [-0.15, -0.1) is 0 Å². The van der Waals surface area contributed by atoms with Crippen molar-refractivity contribution in [1.82, 2.24) is 49.9 Å². The standard InChI is InChI=1S/C66H83N17O4/c1-79-32-26-64(27-33-79)38-83(39-64)51-20-30-81(31-21-51)49-12-8-46(9-13-49)72-62-57(76-55(53-7-3-5-29-69-53)60(78-62)74-48-18-24-66(25-19-48)42-87-43-66)63(85)70-44-80-34-36-82(37-35-80)50-14-10-45(11-15-50)71-61-56(58(67)84)75-54(52-6-2-4-28-68-52)59(77-61)73-47-16-22-65(23-17-47)40-86-41-65/h2-15,28-29,47-48,51H,16-27,30-44H2,1H3,(H2,67,84)(H,70,85)(H2,71,73,77)(H2,72,74,78). The van der Waals surface area contributed by atoms with Gasteiger partial charge in [-0.2, -0.15) is 0 Å². The predicted molar refractivity (Wildman–Crippen MR) is 339 cm³/mol. The molecule has 87 heavy (non-hydrogen) atoms. The molecule has 0 bridgehead atoms. The predicted octanol–water partition coefficient (Wildman–Crippen LogP) is 8.22. The van der Waals surface area contributed by atoms with Gasteiger partial charge in [0.25, 0.3) is 11.8 Å². The normalized spacial score (nSPS) is 22.2. The highest BCUT2D eigenvalue weighted by atomic mass is 16.5. The van der Waals surface area contributed by atoms with Gasteiger partial charge in [-0.1, -0.05) is 12.1 Å². The number of ether oxygens (including phenoxy) is 2. The minimum atomic E-state index is -0.689. The summed E-state index contributed by atoms with van der Waals surface area (Å²) in [5.74, 6) is 0.812. The van der Waals surface area contributed by atoms with E-state index in [9.17, 15) is 9.59 Å². The molecule has 8 aliphatic rings. The van der Waals surface area contributed by atoms with E-state index in [1.54, 1.807) is 12.4 Å². The SMILES string of the molecule is CN1CCC2(CC1)CN(C1CCN(c3ccc(Nc4nc(NC5CCC6(CC5)COC6)c(-c5ccccn5)nc4C(=O)NCN4CCN(c5ccc(Nc6nc(NC7CCC8(CC7)COC8)c(-c7ccccn7)nc6C(N)=O)cc5)CC4)cc3)CC1)C2. The molecular weight excluding hydrogens is 1090 g/mol. The average molecular weight is 1180 g/mol. The number of pyridine rings is 2. The van der Waals surface area contributed by atoms with Gasteiger partial charge in [0.15, 0.2) is 34.7 Å². The van der Waals surface area contributed by atoms with Crippen molar-refractivity contribution in [3.05, 3.63) is 109 Å². The van der Waals surface area contributed by atoms with Crippen molar-refractivity contribution in [3.8, 4) is 22.8 Å². The lowest BCUT2D eigenvalue weighted by Crippen LogP contribution is -2.63. The molecule has 10 heterocycles. The van der Waals surface area contributed by atoms with Crippen molar-refractivity contribution in [1.29, 1.82) is 0 Å². The second-order valence-electron chi connectivity index (χ2n) is 26.4. The van der Waals surface area contributed by atoms with E-state index in [0.29, 0.717) is 69.2 Å². The Morgan fingerprint density at radius 1 is 0.540 bits per heavy atom. The molecule has 2 aliphatic carbocycles. The third kappa shape index (κ3) is 12.5. The first-order chi connectivity index (χ1) is 42.5. The lowest BCUT2D eigenvalue weighted by molar-refractivity contribution is -0.131. The number of benzene rings is 2. The summed E-state index contributed by atoms with van der Waals surface area (Å²) in [7, 11) is 2.25. The highest BCUT2D eigenvalue weighted by molar-refractivity contribution is 5.99. The fraction of sp³-hybridized carbons (Fsp3) is 0.515. The van der Waals surface area contributed by atoms with Gasteiger partial charge in [0.1, 0.15) is 11.4 Å². The number of rotatable bonds is 17. The van der Waals surface area contributed by atoms with Crippen molar-refractivity contribution >= 4 is 57.8 Å². The summed E-state index contributed by atoms with van der Waals surface area (Å²) in [6.45, 7) is 13.7. The van der Waals surface area contributed by atoms with E-state index in [4.69, 9.17) is 40.1 Å². The van der Waals surface area contributed by atoms with E-state index in [2.05, 4.69) is 99.5 Å². The molecule has 2 aromatic carbocycles. The molecule has 6 aromatic rings. The number of anilines is 8. The molecule has 6 aliphatic heterocycles. The summed E-state index contributed by atoms with van der Waals surface area (Å²) in [6.07, 6.45) is 16.8. The van der Waals surface area contributed by atoms with E-state index < -0.39 is 5.91 Å². The maximum Gasteiger partial charge on any atom is 0.274 e.